The summed E-state index contributed by atoms with van der Waals surface area (Å²) >= 11 is 11.9. The molecule has 0 aromatic heterocycles. The molecule has 2 N–H and O–H groups in total. The van der Waals surface area contributed by atoms with E-state index in [4.69, 9.17) is 32.7 Å². The molecule has 1 unspecified atom stereocenters. The van der Waals surface area contributed by atoms with E-state index in [-0.39, 0.29) is 10.9 Å². The van der Waals surface area contributed by atoms with E-state index in [1.54, 1.807) is 25.3 Å². The van der Waals surface area contributed by atoms with E-state index in [0.29, 0.717) is 34.3 Å². The first kappa shape index (κ1) is 24.5. The summed E-state index contributed by atoms with van der Waals surface area (Å²) in [6, 6.07) is 9.01. The number of hydrazone groups is 1. The van der Waals surface area contributed by atoms with Gasteiger partial charge in [0.15, 0.2) is 11.5 Å². The van der Waals surface area contributed by atoms with Crippen molar-refractivity contribution < 1.29 is 19.1 Å². The van der Waals surface area contributed by atoms with Gasteiger partial charge in [-0.15, -0.1) is 0 Å². The number of methoxy groups -OCH3 is 1. The van der Waals surface area contributed by atoms with Gasteiger partial charge in [0.2, 0.25) is 0 Å². The van der Waals surface area contributed by atoms with Gasteiger partial charge in [0.1, 0.15) is 6.04 Å². The maximum absolute atomic E-state index is 12.6. The van der Waals surface area contributed by atoms with E-state index in [1.165, 1.54) is 24.4 Å². The lowest BCUT2D eigenvalue weighted by Gasteiger charge is -2.20. The first-order chi connectivity index (χ1) is 14.8. The van der Waals surface area contributed by atoms with Crippen molar-refractivity contribution in [2.24, 2.45) is 11.0 Å². The van der Waals surface area contributed by atoms with Crippen LogP contribution in [0.5, 0.6) is 11.5 Å². The highest BCUT2D eigenvalue weighted by Crippen LogP contribution is 2.27. The van der Waals surface area contributed by atoms with Gasteiger partial charge >= 0.3 is 0 Å². The molecule has 0 radical (unpaired) electrons. The molecule has 1 atom stereocenters. The van der Waals surface area contributed by atoms with Crippen LogP contribution in [0, 0.1) is 5.92 Å². The monoisotopic (exact) mass is 465 g/mol. The number of amides is 2. The lowest BCUT2D eigenvalue weighted by Crippen LogP contribution is -2.48. The number of hydrogen-bond donors (Lipinski definition) is 2. The van der Waals surface area contributed by atoms with Crippen LogP contribution in [0.2, 0.25) is 10.0 Å². The molecule has 2 aromatic rings. The van der Waals surface area contributed by atoms with E-state index in [9.17, 15) is 9.59 Å². The molecular formula is C22H25Cl2N3O4. The molecule has 7 nitrogen and oxygen atoms in total. The molecule has 9 heteroatoms. The third-order valence-electron chi connectivity index (χ3n) is 4.29. The summed E-state index contributed by atoms with van der Waals surface area (Å²) in [7, 11) is 1.56. The number of hydrogen-bond acceptors (Lipinski definition) is 5. The van der Waals surface area contributed by atoms with Crippen molar-refractivity contribution in [1.29, 1.82) is 0 Å². The molecule has 0 saturated heterocycles. The topological polar surface area (TPSA) is 89.0 Å². The minimum absolute atomic E-state index is 0.174. The number of nitrogens with zero attached hydrogens (tertiary/aromatic N) is 1. The van der Waals surface area contributed by atoms with E-state index in [1.807, 2.05) is 20.8 Å². The van der Waals surface area contributed by atoms with Gasteiger partial charge < -0.3 is 14.8 Å². The molecule has 0 fully saturated rings. The number of ether oxygens (including phenoxy) is 2. The van der Waals surface area contributed by atoms with Crippen LogP contribution in [-0.2, 0) is 4.79 Å². The maximum atomic E-state index is 12.6. The van der Waals surface area contributed by atoms with Gasteiger partial charge in [-0.3, -0.25) is 9.59 Å². The lowest BCUT2D eigenvalue weighted by atomic mass is 10.0. The SMILES string of the molecule is CCOc1cc(/C=N/NC(=O)C(NC(=O)c2ccc(Cl)c(Cl)c2)C(C)C)ccc1OC. The van der Waals surface area contributed by atoms with Crippen LogP contribution in [-0.4, -0.2) is 37.8 Å². The van der Waals surface area contributed by atoms with E-state index in [2.05, 4.69) is 15.8 Å². The Bertz CT molecular complexity index is 964. The molecule has 31 heavy (non-hydrogen) atoms. The van der Waals surface area contributed by atoms with E-state index >= 15 is 0 Å². The van der Waals surface area contributed by atoms with Gasteiger partial charge in [-0.1, -0.05) is 37.0 Å². The van der Waals surface area contributed by atoms with E-state index in [0.717, 1.165) is 0 Å². The van der Waals surface area contributed by atoms with Crippen LogP contribution in [0.4, 0.5) is 0 Å². The number of rotatable bonds is 9. The Kier molecular flexibility index (Phi) is 9.15. The Morgan fingerprint density at radius 2 is 1.84 bits per heavy atom. The highest BCUT2D eigenvalue weighted by molar-refractivity contribution is 6.42. The van der Waals surface area contributed by atoms with Gasteiger partial charge in [-0.25, -0.2) is 5.43 Å². The zero-order valence-electron chi connectivity index (χ0n) is 17.7. The van der Waals surface area contributed by atoms with Gasteiger partial charge in [-0.2, -0.15) is 5.10 Å². The fourth-order valence-electron chi connectivity index (χ4n) is 2.68. The molecule has 0 aliphatic carbocycles. The Labute approximate surface area is 191 Å². The van der Waals surface area contributed by atoms with Crippen molar-refractivity contribution in [3.63, 3.8) is 0 Å². The van der Waals surface area contributed by atoms with Crippen molar-refractivity contribution in [2.75, 3.05) is 13.7 Å². The molecule has 2 amide bonds. The van der Waals surface area contributed by atoms with Crippen molar-refractivity contribution in [3.05, 3.63) is 57.6 Å². The molecule has 0 heterocycles. The predicted octanol–water partition coefficient (Wildman–Crippen LogP) is 4.31. The second kappa shape index (κ2) is 11.6. The van der Waals surface area contributed by atoms with Gasteiger partial charge in [-0.05, 0) is 54.8 Å². The standard InChI is InChI=1S/C22H25Cl2N3O4/c1-5-31-19-10-14(6-9-18(19)30-4)12-25-27-22(29)20(13(2)3)26-21(28)15-7-8-16(23)17(24)11-15/h6-13,20H,5H2,1-4H3,(H,26,28)(H,27,29)/b25-12+. The maximum Gasteiger partial charge on any atom is 0.262 e. The van der Waals surface area contributed by atoms with Crippen LogP contribution in [0.3, 0.4) is 0 Å². The molecule has 2 aromatic carbocycles. The predicted molar refractivity (Wildman–Crippen MR) is 122 cm³/mol. The highest BCUT2D eigenvalue weighted by atomic mass is 35.5. The Morgan fingerprint density at radius 3 is 2.45 bits per heavy atom. The number of nitrogens with one attached hydrogen (secondary N) is 2. The minimum atomic E-state index is -0.797. The van der Waals surface area contributed by atoms with Crippen LogP contribution < -0.4 is 20.2 Å². The Morgan fingerprint density at radius 1 is 1.10 bits per heavy atom. The third-order valence-corrected chi connectivity index (χ3v) is 5.03. The zero-order chi connectivity index (χ0) is 23.0. The molecule has 0 bridgehead atoms. The van der Waals surface area contributed by atoms with Crippen LogP contribution >= 0.6 is 23.2 Å². The number of carbonyl (C=O) groups is 2. The summed E-state index contributed by atoms with van der Waals surface area (Å²) in [4.78, 5) is 25.1. The first-order valence-electron chi connectivity index (χ1n) is 9.66. The molecule has 0 aliphatic heterocycles. The molecule has 2 rings (SSSR count). The van der Waals surface area contributed by atoms with Gasteiger partial charge in [0.05, 0.1) is 30.0 Å². The van der Waals surface area contributed by atoms with Gasteiger partial charge in [0.25, 0.3) is 11.8 Å². The van der Waals surface area contributed by atoms with Crippen molar-refractivity contribution in [1.82, 2.24) is 10.7 Å². The van der Waals surface area contributed by atoms with Crippen LogP contribution in [0.25, 0.3) is 0 Å². The third kappa shape index (κ3) is 6.87. The molecule has 0 spiro atoms. The Balaban J connectivity index is 2.06. The second-order valence-corrected chi connectivity index (χ2v) is 7.72. The second-order valence-electron chi connectivity index (χ2n) is 6.90. The molecular weight excluding hydrogens is 441 g/mol. The minimum Gasteiger partial charge on any atom is -0.493 e. The fraction of sp³-hybridized carbons (Fsp3) is 0.318. The number of benzene rings is 2. The van der Waals surface area contributed by atoms with Crippen molar-refractivity contribution in [3.8, 4) is 11.5 Å². The fourth-order valence-corrected chi connectivity index (χ4v) is 2.98. The largest absolute Gasteiger partial charge is 0.493 e. The molecule has 0 aliphatic rings. The summed E-state index contributed by atoms with van der Waals surface area (Å²) < 4.78 is 10.8. The van der Waals surface area contributed by atoms with E-state index < -0.39 is 17.9 Å². The molecule has 166 valence electrons. The smallest absolute Gasteiger partial charge is 0.262 e. The first-order valence-corrected chi connectivity index (χ1v) is 10.4. The average molecular weight is 466 g/mol. The highest BCUT2D eigenvalue weighted by Gasteiger charge is 2.24. The summed E-state index contributed by atoms with van der Waals surface area (Å²) in [6.45, 7) is 6.00. The number of carbonyl (C=O) groups excluding carboxylic acids is 2. The number of halogens is 2. The normalized spacial score (nSPS) is 12.0. The average Bonchev–Trinajstić information content (AvgIpc) is 2.74. The van der Waals surface area contributed by atoms with Gasteiger partial charge in [0, 0.05) is 5.56 Å². The van der Waals surface area contributed by atoms with Crippen molar-refractivity contribution in [2.45, 2.75) is 26.8 Å². The lowest BCUT2D eigenvalue weighted by molar-refractivity contribution is -0.123. The van der Waals surface area contributed by atoms with Crippen LogP contribution in [0.15, 0.2) is 41.5 Å². The Hall–Kier alpha value is -2.77. The summed E-state index contributed by atoms with van der Waals surface area (Å²) in [6.07, 6.45) is 1.48. The summed E-state index contributed by atoms with van der Waals surface area (Å²) in [5.41, 5.74) is 3.48. The van der Waals surface area contributed by atoms with Crippen molar-refractivity contribution >= 4 is 41.2 Å². The summed E-state index contributed by atoms with van der Waals surface area (Å²) in [5, 5.41) is 7.31. The zero-order valence-corrected chi connectivity index (χ0v) is 19.3. The summed E-state index contributed by atoms with van der Waals surface area (Å²) in [5.74, 6) is 0.126. The quantitative estimate of drug-likeness (QED) is 0.426. The molecule has 0 saturated carbocycles. The van der Waals surface area contributed by atoms with Crippen LogP contribution in [0.1, 0.15) is 36.7 Å².